The van der Waals surface area contributed by atoms with Crippen LogP contribution in [0.25, 0.3) is 10.8 Å². The monoisotopic (exact) mass is 543 g/mol. The van der Waals surface area contributed by atoms with Crippen LogP contribution in [0.4, 0.5) is 15.8 Å². The molecule has 0 radical (unpaired) electrons. The topological polar surface area (TPSA) is 89.9 Å². The molecule has 4 aromatic rings. The summed E-state index contributed by atoms with van der Waals surface area (Å²) < 4.78 is 14.1. The van der Waals surface area contributed by atoms with Crippen LogP contribution in [0, 0.1) is 5.82 Å². The van der Waals surface area contributed by atoms with Crippen molar-refractivity contribution in [2.45, 2.75) is 4.90 Å². The number of fused-ring (bicyclic) bond motifs is 1. The molecule has 2 N–H and O–H groups in total. The summed E-state index contributed by atoms with van der Waals surface area (Å²) in [6, 6.07) is 23.8. The smallest absolute Gasteiger partial charge is 0.336 e. The van der Waals surface area contributed by atoms with E-state index in [9.17, 15) is 23.9 Å². The zero-order valence-corrected chi connectivity index (χ0v) is 21.8. The van der Waals surface area contributed by atoms with E-state index < -0.39 is 11.9 Å². The summed E-state index contributed by atoms with van der Waals surface area (Å²) >= 11 is 1.37. The molecule has 0 bridgehead atoms. The van der Waals surface area contributed by atoms with Gasteiger partial charge in [0, 0.05) is 47.7 Å². The minimum Gasteiger partial charge on any atom is -0.478 e. The number of aromatic carboxylic acids is 1. The number of thioether (sulfide) groups is 1. The molecule has 1 heterocycles. The average Bonchev–Trinajstić information content (AvgIpc) is 2.95. The number of carbonyl (C=O) groups is 3. The molecule has 1 aliphatic heterocycles. The van der Waals surface area contributed by atoms with E-state index in [0.29, 0.717) is 48.3 Å². The van der Waals surface area contributed by atoms with Gasteiger partial charge in [-0.05, 0) is 47.9 Å². The molecule has 1 saturated heterocycles. The van der Waals surface area contributed by atoms with Gasteiger partial charge >= 0.3 is 5.97 Å². The number of para-hydroxylation sites is 1. The molecule has 0 aliphatic carbocycles. The highest BCUT2D eigenvalue weighted by molar-refractivity contribution is 8.00. The number of piperazine rings is 1. The Kier molecular flexibility index (Phi) is 7.79. The number of carboxylic acid groups (broad SMARTS) is 1. The highest BCUT2D eigenvalue weighted by atomic mass is 32.2. The Labute approximate surface area is 229 Å². The van der Waals surface area contributed by atoms with Gasteiger partial charge in [0.05, 0.1) is 17.0 Å². The van der Waals surface area contributed by atoms with Gasteiger partial charge in [0.1, 0.15) is 5.82 Å². The number of hydrogen-bond acceptors (Lipinski definition) is 5. The second-order valence-corrected chi connectivity index (χ2v) is 10.2. The number of benzene rings is 4. The van der Waals surface area contributed by atoms with Crippen molar-refractivity contribution < 1.29 is 23.9 Å². The maximum atomic E-state index is 14.1. The molecule has 9 heteroatoms. The third kappa shape index (κ3) is 5.88. The number of nitrogens with zero attached hydrogens (tertiary/aromatic N) is 2. The molecule has 5 rings (SSSR count). The van der Waals surface area contributed by atoms with E-state index in [1.54, 1.807) is 71.6 Å². The van der Waals surface area contributed by atoms with E-state index in [2.05, 4.69) is 5.32 Å². The molecule has 1 aliphatic rings. The Morgan fingerprint density at radius 2 is 1.54 bits per heavy atom. The van der Waals surface area contributed by atoms with E-state index in [0.717, 1.165) is 4.90 Å². The summed E-state index contributed by atoms with van der Waals surface area (Å²) in [5.74, 6) is -1.54. The van der Waals surface area contributed by atoms with Gasteiger partial charge < -0.3 is 20.2 Å². The number of anilines is 2. The first kappa shape index (κ1) is 26.2. The van der Waals surface area contributed by atoms with Gasteiger partial charge in [-0.15, -0.1) is 11.8 Å². The Bertz CT molecular complexity index is 1550. The molecule has 1 fully saturated rings. The van der Waals surface area contributed by atoms with Crippen molar-refractivity contribution in [2.24, 2.45) is 0 Å². The molecule has 0 unspecified atom stereocenters. The van der Waals surface area contributed by atoms with E-state index in [-0.39, 0.29) is 28.6 Å². The van der Waals surface area contributed by atoms with Crippen LogP contribution >= 0.6 is 11.8 Å². The number of hydrogen-bond donors (Lipinski definition) is 2. The summed E-state index contributed by atoms with van der Waals surface area (Å²) in [7, 11) is 0. The summed E-state index contributed by atoms with van der Waals surface area (Å²) in [4.78, 5) is 42.3. The van der Waals surface area contributed by atoms with Gasteiger partial charge in [-0.2, -0.15) is 0 Å². The van der Waals surface area contributed by atoms with Gasteiger partial charge in [-0.25, -0.2) is 9.18 Å². The van der Waals surface area contributed by atoms with Crippen molar-refractivity contribution in [1.82, 2.24) is 4.90 Å². The molecule has 198 valence electrons. The predicted octanol–water partition coefficient (Wildman–Crippen LogP) is 5.37. The number of amides is 2. The number of rotatable bonds is 7. The first-order chi connectivity index (χ1) is 18.9. The molecular formula is C30H26FN3O4S. The van der Waals surface area contributed by atoms with Gasteiger partial charge in [0.2, 0.25) is 5.91 Å². The summed E-state index contributed by atoms with van der Waals surface area (Å²) in [6.07, 6.45) is 0. The number of halogens is 1. The van der Waals surface area contributed by atoms with Crippen molar-refractivity contribution in [3.63, 3.8) is 0 Å². The standard InChI is InChI=1S/C30H26FN3O4S/c31-25-12-1-2-13-26(25)33-14-16-34(17-15-33)27(35)19-39-22-9-5-8-21(18-22)32-29(36)23-10-3-6-20-7-4-11-24(28(20)23)30(37)38/h1-13,18H,14-17,19H2,(H,32,36)(H,37,38). The van der Waals surface area contributed by atoms with Crippen LogP contribution in [0.3, 0.4) is 0 Å². The van der Waals surface area contributed by atoms with Crippen molar-refractivity contribution >= 4 is 51.7 Å². The lowest BCUT2D eigenvalue weighted by Gasteiger charge is -2.36. The number of carbonyl (C=O) groups excluding carboxylic acids is 2. The summed E-state index contributed by atoms with van der Waals surface area (Å²) in [6.45, 7) is 2.17. The minimum absolute atomic E-state index is 0.000391. The fraction of sp³-hybridized carbons (Fsp3) is 0.167. The third-order valence-electron chi connectivity index (χ3n) is 6.66. The Balaban J connectivity index is 1.20. The Morgan fingerprint density at radius 3 is 2.26 bits per heavy atom. The van der Waals surface area contributed by atoms with Crippen LogP contribution in [0.2, 0.25) is 0 Å². The maximum Gasteiger partial charge on any atom is 0.336 e. The summed E-state index contributed by atoms with van der Waals surface area (Å²) in [5, 5.41) is 13.5. The SMILES string of the molecule is O=C(O)c1cccc2cccc(C(=O)Nc3cccc(SCC(=O)N4CCN(c5ccccc5F)CC4)c3)c12. The average molecular weight is 544 g/mol. The fourth-order valence-electron chi connectivity index (χ4n) is 4.71. The fourth-order valence-corrected chi connectivity index (χ4v) is 5.57. The third-order valence-corrected chi connectivity index (χ3v) is 7.64. The van der Waals surface area contributed by atoms with Crippen LogP contribution in [-0.2, 0) is 4.79 Å². The molecule has 7 nitrogen and oxygen atoms in total. The molecule has 4 aromatic carbocycles. The number of nitrogens with one attached hydrogen (secondary N) is 1. The van der Waals surface area contributed by atoms with E-state index in [1.165, 1.54) is 23.9 Å². The van der Waals surface area contributed by atoms with Crippen molar-refractivity contribution in [2.75, 3.05) is 42.1 Å². The van der Waals surface area contributed by atoms with E-state index >= 15 is 0 Å². The van der Waals surface area contributed by atoms with Gasteiger partial charge in [0.15, 0.2) is 0 Å². The Hall–Kier alpha value is -4.37. The van der Waals surface area contributed by atoms with Crippen LogP contribution in [0.5, 0.6) is 0 Å². The van der Waals surface area contributed by atoms with Gasteiger partial charge in [-0.3, -0.25) is 9.59 Å². The largest absolute Gasteiger partial charge is 0.478 e. The molecule has 0 atom stereocenters. The molecular weight excluding hydrogens is 517 g/mol. The zero-order chi connectivity index (χ0) is 27.4. The molecule has 2 amide bonds. The summed E-state index contributed by atoms with van der Waals surface area (Å²) in [5.41, 5.74) is 1.44. The van der Waals surface area contributed by atoms with Crippen molar-refractivity contribution in [1.29, 1.82) is 0 Å². The van der Waals surface area contributed by atoms with Crippen LogP contribution in [0.15, 0.2) is 89.8 Å². The maximum absolute atomic E-state index is 14.1. The lowest BCUT2D eigenvalue weighted by molar-refractivity contribution is -0.128. The first-order valence-corrected chi connectivity index (χ1v) is 13.5. The van der Waals surface area contributed by atoms with Crippen molar-refractivity contribution in [3.8, 4) is 0 Å². The zero-order valence-electron chi connectivity index (χ0n) is 21.0. The van der Waals surface area contributed by atoms with Gasteiger partial charge in [-0.1, -0.05) is 42.5 Å². The first-order valence-electron chi connectivity index (χ1n) is 12.5. The van der Waals surface area contributed by atoms with E-state index in [1.807, 2.05) is 11.0 Å². The van der Waals surface area contributed by atoms with E-state index in [4.69, 9.17) is 0 Å². The normalized spacial score (nSPS) is 13.4. The lowest BCUT2D eigenvalue weighted by atomic mass is 9.98. The quantitative estimate of drug-likeness (QED) is 0.305. The predicted molar refractivity (Wildman–Crippen MR) is 151 cm³/mol. The second kappa shape index (κ2) is 11.6. The van der Waals surface area contributed by atoms with Crippen molar-refractivity contribution in [3.05, 3.63) is 102 Å². The van der Waals surface area contributed by atoms with Crippen LogP contribution < -0.4 is 10.2 Å². The highest BCUT2D eigenvalue weighted by Gasteiger charge is 2.23. The minimum atomic E-state index is -1.10. The molecule has 0 saturated carbocycles. The van der Waals surface area contributed by atoms with Gasteiger partial charge in [0.25, 0.3) is 5.91 Å². The number of carboxylic acids is 1. The van der Waals surface area contributed by atoms with Crippen LogP contribution in [-0.4, -0.2) is 59.7 Å². The second-order valence-electron chi connectivity index (χ2n) is 9.10. The molecule has 39 heavy (non-hydrogen) atoms. The molecule has 0 aromatic heterocycles. The molecule has 0 spiro atoms. The van der Waals surface area contributed by atoms with Crippen LogP contribution in [0.1, 0.15) is 20.7 Å². The highest BCUT2D eigenvalue weighted by Crippen LogP contribution is 2.27. The lowest BCUT2D eigenvalue weighted by Crippen LogP contribution is -2.49. The Morgan fingerprint density at radius 1 is 0.846 bits per heavy atom.